The van der Waals surface area contributed by atoms with E-state index in [9.17, 15) is 0 Å². The number of benzene rings is 1. The summed E-state index contributed by atoms with van der Waals surface area (Å²) in [7, 11) is 2.05. The van der Waals surface area contributed by atoms with Gasteiger partial charge in [0.25, 0.3) is 0 Å². The molecule has 0 aliphatic heterocycles. The summed E-state index contributed by atoms with van der Waals surface area (Å²) in [6.07, 6.45) is 3.98. The van der Waals surface area contributed by atoms with Gasteiger partial charge in [0, 0.05) is 24.5 Å². The van der Waals surface area contributed by atoms with Crippen molar-refractivity contribution in [3.8, 4) is 5.75 Å². The summed E-state index contributed by atoms with van der Waals surface area (Å²) in [6.45, 7) is 6.30. The number of hydrogen-bond acceptors (Lipinski definition) is 4. The Hall–Kier alpha value is -1.35. The molecule has 0 amide bonds. The molecule has 1 aliphatic carbocycles. The summed E-state index contributed by atoms with van der Waals surface area (Å²) in [4.78, 5) is 11.5. The molecule has 1 saturated carbocycles. The lowest BCUT2D eigenvalue weighted by Crippen LogP contribution is -2.38. The van der Waals surface area contributed by atoms with Crippen LogP contribution in [0.5, 0.6) is 5.75 Å². The van der Waals surface area contributed by atoms with E-state index >= 15 is 0 Å². The predicted molar refractivity (Wildman–Crippen MR) is 123 cm³/mol. The van der Waals surface area contributed by atoms with E-state index in [1.54, 1.807) is 11.3 Å². The molecule has 1 N–H and O–H groups in total. The fraction of sp³-hybridized carbons (Fsp3) is 0.500. The van der Waals surface area contributed by atoms with E-state index in [4.69, 9.17) is 9.73 Å². The lowest BCUT2D eigenvalue weighted by atomic mass is 9.96. The second kappa shape index (κ2) is 10.8. The lowest BCUT2D eigenvalue weighted by Gasteiger charge is -2.27. The molecule has 1 heterocycles. The van der Waals surface area contributed by atoms with E-state index in [1.165, 1.54) is 6.42 Å². The number of rotatable bonds is 7. The van der Waals surface area contributed by atoms with Crippen LogP contribution < -0.4 is 10.1 Å². The number of nitrogens with zero attached hydrogens (tertiary/aromatic N) is 3. The van der Waals surface area contributed by atoms with E-state index in [0.717, 1.165) is 53.9 Å². The Morgan fingerprint density at radius 2 is 2.15 bits per heavy atom. The zero-order valence-electron chi connectivity index (χ0n) is 16.3. The van der Waals surface area contributed by atoms with Crippen LogP contribution in [-0.4, -0.2) is 35.5 Å². The number of aliphatic imine (C=N–C) groups is 1. The van der Waals surface area contributed by atoms with E-state index in [1.807, 2.05) is 26.1 Å². The Balaban J connectivity index is 0.00000261. The van der Waals surface area contributed by atoms with Crippen molar-refractivity contribution in [2.45, 2.75) is 52.3 Å². The third kappa shape index (κ3) is 6.34. The molecular formula is C20H29IN4OS. The van der Waals surface area contributed by atoms with Crippen LogP contribution in [0.4, 0.5) is 0 Å². The van der Waals surface area contributed by atoms with E-state index < -0.39 is 0 Å². The first kappa shape index (κ1) is 21.9. The van der Waals surface area contributed by atoms with Crippen LogP contribution >= 0.6 is 35.3 Å². The van der Waals surface area contributed by atoms with Crippen LogP contribution in [0, 0.1) is 6.92 Å². The molecule has 5 nitrogen and oxygen atoms in total. The van der Waals surface area contributed by atoms with Gasteiger partial charge in [-0.2, -0.15) is 0 Å². The molecular weight excluding hydrogens is 471 g/mol. The van der Waals surface area contributed by atoms with Crippen LogP contribution in [-0.2, 0) is 13.1 Å². The molecule has 2 aromatic rings. The molecule has 0 atom stereocenters. The number of hydrogen-bond donors (Lipinski definition) is 1. The lowest BCUT2D eigenvalue weighted by molar-refractivity contribution is 0.119. The van der Waals surface area contributed by atoms with Crippen molar-refractivity contribution in [1.82, 2.24) is 15.2 Å². The van der Waals surface area contributed by atoms with Crippen LogP contribution in [0.1, 0.15) is 42.5 Å². The molecule has 27 heavy (non-hydrogen) atoms. The third-order valence-electron chi connectivity index (χ3n) is 4.48. The highest BCUT2D eigenvalue weighted by molar-refractivity contribution is 14.0. The van der Waals surface area contributed by atoms with Crippen molar-refractivity contribution in [3.63, 3.8) is 0 Å². The van der Waals surface area contributed by atoms with Crippen molar-refractivity contribution in [2.24, 2.45) is 4.99 Å². The van der Waals surface area contributed by atoms with Crippen LogP contribution in [0.25, 0.3) is 0 Å². The first-order valence-corrected chi connectivity index (χ1v) is 10.2. The van der Waals surface area contributed by atoms with Gasteiger partial charge in [0.2, 0.25) is 0 Å². The van der Waals surface area contributed by atoms with Crippen LogP contribution in [0.3, 0.4) is 0 Å². The maximum atomic E-state index is 6.12. The van der Waals surface area contributed by atoms with Gasteiger partial charge in [0.1, 0.15) is 5.75 Å². The molecule has 0 unspecified atom stereocenters. The van der Waals surface area contributed by atoms with Crippen molar-refractivity contribution in [1.29, 1.82) is 0 Å². The minimum Gasteiger partial charge on any atom is -0.490 e. The van der Waals surface area contributed by atoms with Gasteiger partial charge in [-0.1, -0.05) is 18.2 Å². The highest BCUT2D eigenvalue weighted by Crippen LogP contribution is 2.28. The number of aromatic nitrogens is 1. The molecule has 0 saturated heterocycles. The van der Waals surface area contributed by atoms with Gasteiger partial charge in [-0.15, -0.1) is 35.3 Å². The fourth-order valence-corrected chi connectivity index (χ4v) is 3.45. The Labute approximate surface area is 183 Å². The molecule has 0 radical (unpaired) electrons. The maximum absolute atomic E-state index is 6.12. The fourth-order valence-electron chi connectivity index (χ4n) is 2.85. The topological polar surface area (TPSA) is 49.8 Å². The molecule has 1 aromatic heterocycles. The summed E-state index contributed by atoms with van der Waals surface area (Å²) < 4.78 is 6.12. The smallest absolute Gasteiger partial charge is 0.194 e. The van der Waals surface area contributed by atoms with E-state index in [-0.39, 0.29) is 24.0 Å². The highest BCUT2D eigenvalue weighted by Gasteiger charge is 2.20. The van der Waals surface area contributed by atoms with Crippen molar-refractivity contribution in [3.05, 3.63) is 45.9 Å². The number of guanidine groups is 1. The minimum atomic E-state index is 0. The molecule has 7 heteroatoms. The largest absolute Gasteiger partial charge is 0.490 e. The maximum Gasteiger partial charge on any atom is 0.194 e. The molecule has 0 spiro atoms. The molecule has 1 aromatic carbocycles. The average molecular weight is 500 g/mol. The number of para-hydroxylation sites is 1. The summed E-state index contributed by atoms with van der Waals surface area (Å²) in [5, 5.41) is 6.58. The van der Waals surface area contributed by atoms with Gasteiger partial charge < -0.3 is 15.0 Å². The Morgan fingerprint density at radius 3 is 2.78 bits per heavy atom. The first-order valence-electron chi connectivity index (χ1n) is 9.30. The molecule has 1 aliphatic rings. The van der Waals surface area contributed by atoms with Crippen molar-refractivity contribution >= 4 is 41.3 Å². The van der Waals surface area contributed by atoms with Crippen LogP contribution in [0.2, 0.25) is 0 Å². The number of thiazole rings is 1. The van der Waals surface area contributed by atoms with Gasteiger partial charge in [0.15, 0.2) is 5.96 Å². The quantitative estimate of drug-likeness (QED) is 0.343. The average Bonchev–Trinajstić information content (AvgIpc) is 3.00. The van der Waals surface area contributed by atoms with Gasteiger partial charge in [-0.05, 0) is 39.2 Å². The second-order valence-electron chi connectivity index (χ2n) is 6.66. The standard InChI is InChI=1S/C20H28N4OS.HI/c1-4-21-20(24(3)13-17-14-26-15(2)23-17)22-12-16-8-5-6-11-19(16)25-18-9-7-10-18;/h5-6,8,11,14,18H,4,7,9-10,12-13H2,1-3H3,(H,21,22);1H. The Morgan fingerprint density at radius 1 is 1.37 bits per heavy atom. The third-order valence-corrected chi connectivity index (χ3v) is 5.30. The summed E-state index contributed by atoms with van der Waals surface area (Å²) >= 11 is 1.68. The van der Waals surface area contributed by atoms with Gasteiger partial charge in [-0.25, -0.2) is 9.98 Å². The first-order chi connectivity index (χ1) is 12.7. The summed E-state index contributed by atoms with van der Waals surface area (Å²) in [5.41, 5.74) is 2.21. The monoisotopic (exact) mass is 500 g/mol. The number of halogens is 1. The molecule has 0 bridgehead atoms. The molecule has 148 valence electrons. The number of nitrogens with one attached hydrogen (secondary N) is 1. The Kier molecular flexibility index (Phi) is 8.82. The van der Waals surface area contributed by atoms with Gasteiger partial charge >= 0.3 is 0 Å². The normalized spacial score (nSPS) is 14.3. The number of ether oxygens (including phenoxy) is 1. The Bertz CT molecular complexity index is 745. The summed E-state index contributed by atoms with van der Waals surface area (Å²) in [6, 6.07) is 8.24. The van der Waals surface area contributed by atoms with E-state index in [0.29, 0.717) is 12.6 Å². The number of aryl methyl sites for hydroxylation is 1. The van der Waals surface area contributed by atoms with Crippen LogP contribution in [0.15, 0.2) is 34.6 Å². The van der Waals surface area contributed by atoms with E-state index in [2.05, 4.69) is 39.6 Å². The summed E-state index contributed by atoms with van der Waals surface area (Å²) in [5.74, 6) is 1.85. The molecule has 1 fully saturated rings. The van der Waals surface area contributed by atoms with Gasteiger partial charge in [-0.3, -0.25) is 0 Å². The minimum absolute atomic E-state index is 0. The highest BCUT2D eigenvalue weighted by atomic mass is 127. The van der Waals surface area contributed by atoms with Gasteiger partial charge in [0.05, 0.1) is 29.9 Å². The second-order valence-corrected chi connectivity index (χ2v) is 7.72. The van der Waals surface area contributed by atoms with Crippen molar-refractivity contribution in [2.75, 3.05) is 13.6 Å². The zero-order chi connectivity index (χ0) is 18.4. The predicted octanol–water partition coefficient (Wildman–Crippen LogP) is 4.60. The molecule has 3 rings (SSSR count). The van der Waals surface area contributed by atoms with Crippen molar-refractivity contribution < 1.29 is 4.74 Å². The SMILES string of the molecule is CCNC(=NCc1ccccc1OC1CCC1)N(C)Cc1csc(C)n1.I. The zero-order valence-corrected chi connectivity index (χ0v) is 19.4.